The number of hydrogen-bond donors (Lipinski definition) is 1. The number of nitrogens with one attached hydrogen (secondary N) is 1. The number of carbonyl (C=O) groups is 1. The molecule has 0 bridgehead atoms. The summed E-state index contributed by atoms with van der Waals surface area (Å²) in [5, 5.41) is 11.8. The minimum Gasteiger partial charge on any atom is -0.468 e. The van der Waals surface area contributed by atoms with Gasteiger partial charge in [0.2, 0.25) is 5.13 Å². The molecule has 0 amide bonds. The van der Waals surface area contributed by atoms with Crippen molar-refractivity contribution in [2.45, 2.75) is 35.5 Å². The number of anilines is 1. The van der Waals surface area contributed by atoms with Crippen molar-refractivity contribution >= 4 is 34.2 Å². The van der Waals surface area contributed by atoms with Crippen LogP contribution in [0, 0.1) is 0 Å². The summed E-state index contributed by atoms with van der Waals surface area (Å²) < 4.78 is 10.9. The lowest BCUT2D eigenvalue weighted by Gasteiger charge is -2.08. The van der Waals surface area contributed by atoms with E-state index in [1.54, 1.807) is 6.92 Å². The van der Waals surface area contributed by atoms with Gasteiger partial charge in [-0.3, -0.25) is 4.79 Å². The Morgan fingerprint density at radius 3 is 3.21 bits per heavy atom. The number of aromatic nitrogens is 2. The molecule has 0 saturated carbocycles. The summed E-state index contributed by atoms with van der Waals surface area (Å²) in [6, 6.07) is 0. The van der Waals surface area contributed by atoms with Crippen LogP contribution in [0.15, 0.2) is 4.34 Å². The maximum absolute atomic E-state index is 11.3. The molecule has 1 aromatic rings. The third-order valence-electron chi connectivity index (χ3n) is 2.72. The number of methoxy groups -OCH3 is 1. The number of esters is 1. The Labute approximate surface area is 120 Å². The Morgan fingerprint density at radius 2 is 2.53 bits per heavy atom. The topological polar surface area (TPSA) is 73.3 Å². The van der Waals surface area contributed by atoms with Crippen LogP contribution >= 0.6 is 23.1 Å². The first-order valence-corrected chi connectivity index (χ1v) is 7.82. The first-order valence-electron chi connectivity index (χ1n) is 6.12. The van der Waals surface area contributed by atoms with Crippen molar-refractivity contribution in [1.82, 2.24) is 10.2 Å². The van der Waals surface area contributed by atoms with Crippen LogP contribution < -0.4 is 5.32 Å². The molecule has 8 heteroatoms. The average Bonchev–Trinajstić information content (AvgIpc) is 3.06. The van der Waals surface area contributed by atoms with Gasteiger partial charge in [-0.1, -0.05) is 23.1 Å². The molecule has 19 heavy (non-hydrogen) atoms. The third-order valence-corrected chi connectivity index (χ3v) is 4.77. The smallest absolute Gasteiger partial charge is 0.318 e. The molecule has 0 aliphatic carbocycles. The maximum Gasteiger partial charge on any atom is 0.318 e. The van der Waals surface area contributed by atoms with Crippen LogP contribution in [-0.4, -0.2) is 47.8 Å². The minimum atomic E-state index is -0.274. The molecule has 0 aromatic carbocycles. The van der Waals surface area contributed by atoms with E-state index in [1.165, 1.54) is 30.2 Å². The molecule has 1 aliphatic rings. The summed E-state index contributed by atoms with van der Waals surface area (Å²) in [5.74, 6) is -0.255. The van der Waals surface area contributed by atoms with Crippen molar-refractivity contribution < 1.29 is 14.3 Å². The van der Waals surface area contributed by atoms with Crippen LogP contribution in [0.4, 0.5) is 5.13 Å². The molecule has 1 aromatic heterocycles. The molecule has 1 N–H and O–H groups in total. The van der Waals surface area contributed by atoms with E-state index in [1.807, 2.05) is 0 Å². The fraction of sp³-hybridized carbons (Fsp3) is 0.727. The van der Waals surface area contributed by atoms with Gasteiger partial charge in [0.25, 0.3) is 0 Å². The number of nitrogens with zero attached hydrogens (tertiary/aromatic N) is 2. The predicted molar refractivity (Wildman–Crippen MR) is 74.7 cm³/mol. The number of carbonyl (C=O) groups excluding carboxylic acids is 1. The Balaban J connectivity index is 1.79. The molecule has 2 heterocycles. The summed E-state index contributed by atoms with van der Waals surface area (Å²) in [7, 11) is 1.38. The van der Waals surface area contributed by atoms with E-state index in [2.05, 4.69) is 20.3 Å². The van der Waals surface area contributed by atoms with E-state index in [0.29, 0.717) is 0 Å². The van der Waals surface area contributed by atoms with Gasteiger partial charge in [0.05, 0.1) is 13.2 Å². The highest BCUT2D eigenvalue weighted by molar-refractivity contribution is 8.02. The van der Waals surface area contributed by atoms with Crippen molar-refractivity contribution in [3.8, 4) is 0 Å². The quantitative estimate of drug-likeness (QED) is 0.634. The van der Waals surface area contributed by atoms with Crippen molar-refractivity contribution in [2.75, 3.05) is 25.6 Å². The molecule has 0 radical (unpaired) electrons. The van der Waals surface area contributed by atoms with Gasteiger partial charge in [-0.05, 0) is 19.8 Å². The first kappa shape index (κ1) is 14.5. The molecule has 1 fully saturated rings. The van der Waals surface area contributed by atoms with Gasteiger partial charge in [0.15, 0.2) is 4.34 Å². The highest BCUT2D eigenvalue weighted by Crippen LogP contribution is 2.29. The monoisotopic (exact) mass is 303 g/mol. The molecule has 1 aliphatic heterocycles. The number of rotatable bonds is 6. The Bertz CT molecular complexity index is 421. The second-order valence-corrected chi connectivity index (χ2v) is 6.74. The average molecular weight is 303 g/mol. The summed E-state index contributed by atoms with van der Waals surface area (Å²) >= 11 is 2.79. The van der Waals surface area contributed by atoms with Gasteiger partial charge >= 0.3 is 5.97 Å². The first-order chi connectivity index (χ1) is 9.19. The SMILES string of the molecule is COC(=O)[C@@H](C)Sc1nnc(NC[C@@H]2CCCO2)s1. The highest BCUT2D eigenvalue weighted by atomic mass is 32.2. The van der Waals surface area contributed by atoms with Gasteiger partial charge in [-0.25, -0.2) is 0 Å². The van der Waals surface area contributed by atoms with E-state index in [4.69, 9.17) is 4.74 Å². The molecule has 2 rings (SSSR count). The van der Waals surface area contributed by atoms with Crippen LogP contribution in [0.1, 0.15) is 19.8 Å². The van der Waals surface area contributed by atoms with Gasteiger partial charge in [-0.15, -0.1) is 10.2 Å². The fourth-order valence-electron chi connectivity index (χ4n) is 1.70. The molecular formula is C11H17N3O3S2. The van der Waals surface area contributed by atoms with Crippen molar-refractivity contribution in [1.29, 1.82) is 0 Å². The van der Waals surface area contributed by atoms with Crippen LogP contribution in [0.25, 0.3) is 0 Å². The van der Waals surface area contributed by atoms with E-state index >= 15 is 0 Å². The molecule has 0 unspecified atom stereocenters. The standard InChI is InChI=1S/C11H17N3O3S2/c1-7(9(15)16-2)18-11-14-13-10(19-11)12-6-8-4-3-5-17-8/h7-8H,3-6H2,1-2H3,(H,12,13)/t7-,8+/m1/s1. The van der Waals surface area contributed by atoms with Crippen LogP contribution in [0.2, 0.25) is 0 Å². The Morgan fingerprint density at radius 1 is 1.68 bits per heavy atom. The molecular weight excluding hydrogens is 286 g/mol. The lowest BCUT2D eigenvalue weighted by Crippen LogP contribution is -2.18. The van der Waals surface area contributed by atoms with Gasteiger partial charge in [0.1, 0.15) is 5.25 Å². The highest BCUT2D eigenvalue weighted by Gasteiger charge is 2.18. The normalized spacial score (nSPS) is 20.2. The van der Waals surface area contributed by atoms with Crippen LogP contribution in [0.5, 0.6) is 0 Å². The second kappa shape index (κ2) is 7.06. The van der Waals surface area contributed by atoms with Crippen LogP contribution in [-0.2, 0) is 14.3 Å². The van der Waals surface area contributed by atoms with E-state index in [9.17, 15) is 4.79 Å². The van der Waals surface area contributed by atoms with Crippen LogP contribution in [0.3, 0.4) is 0 Å². The number of ether oxygens (including phenoxy) is 2. The van der Waals surface area contributed by atoms with E-state index in [0.717, 1.165) is 35.5 Å². The Hall–Kier alpha value is -0.860. The minimum absolute atomic E-state index is 0.255. The second-order valence-electron chi connectivity index (χ2n) is 4.17. The van der Waals surface area contributed by atoms with Gasteiger partial charge in [-0.2, -0.15) is 0 Å². The van der Waals surface area contributed by atoms with Crippen molar-refractivity contribution in [2.24, 2.45) is 0 Å². The largest absolute Gasteiger partial charge is 0.468 e. The molecule has 6 nitrogen and oxygen atoms in total. The van der Waals surface area contributed by atoms with Crippen molar-refractivity contribution in [3.63, 3.8) is 0 Å². The molecule has 106 valence electrons. The lowest BCUT2D eigenvalue weighted by atomic mass is 10.2. The fourth-order valence-corrected chi connectivity index (χ4v) is 3.63. The maximum atomic E-state index is 11.3. The number of thioether (sulfide) groups is 1. The zero-order chi connectivity index (χ0) is 13.7. The van der Waals surface area contributed by atoms with E-state index < -0.39 is 0 Å². The summed E-state index contributed by atoms with van der Waals surface area (Å²) in [6.45, 7) is 3.39. The summed E-state index contributed by atoms with van der Waals surface area (Å²) in [4.78, 5) is 11.3. The zero-order valence-electron chi connectivity index (χ0n) is 10.9. The molecule has 2 atom stereocenters. The third kappa shape index (κ3) is 4.32. The Kier molecular flexibility index (Phi) is 5.41. The van der Waals surface area contributed by atoms with Crippen molar-refractivity contribution in [3.05, 3.63) is 0 Å². The van der Waals surface area contributed by atoms with E-state index in [-0.39, 0.29) is 17.3 Å². The zero-order valence-corrected chi connectivity index (χ0v) is 12.6. The molecule has 0 spiro atoms. The lowest BCUT2D eigenvalue weighted by molar-refractivity contribution is -0.139. The summed E-state index contributed by atoms with van der Waals surface area (Å²) in [6.07, 6.45) is 2.49. The predicted octanol–water partition coefficient (Wildman–Crippen LogP) is 1.78. The molecule has 1 saturated heterocycles. The number of hydrogen-bond acceptors (Lipinski definition) is 8. The van der Waals surface area contributed by atoms with Gasteiger partial charge in [0, 0.05) is 13.2 Å². The summed E-state index contributed by atoms with van der Waals surface area (Å²) in [5.41, 5.74) is 0. The van der Waals surface area contributed by atoms with Gasteiger partial charge < -0.3 is 14.8 Å².